The highest BCUT2D eigenvalue weighted by Gasteiger charge is 2.41. The normalized spacial score (nSPS) is 20.2. The highest BCUT2D eigenvalue weighted by Crippen LogP contribution is 2.54. The average molecular weight is 407 g/mol. The number of nitrogens with zero attached hydrogens (tertiary/aromatic N) is 2. The summed E-state index contributed by atoms with van der Waals surface area (Å²) >= 11 is 0. The van der Waals surface area contributed by atoms with Crippen molar-refractivity contribution in [2.75, 3.05) is 43.1 Å². The highest BCUT2D eigenvalue weighted by atomic mass is 16.5. The van der Waals surface area contributed by atoms with Crippen LogP contribution in [0.25, 0.3) is 0 Å². The molecular weight excluding hydrogens is 372 g/mol. The molecule has 4 nitrogen and oxygen atoms in total. The summed E-state index contributed by atoms with van der Waals surface area (Å²) in [6, 6.07) is 8.47. The first-order chi connectivity index (χ1) is 14.4. The van der Waals surface area contributed by atoms with Gasteiger partial charge in [0.1, 0.15) is 17.1 Å². The number of hydrogen-bond donors (Lipinski definition) is 0. The fourth-order valence-electron chi connectivity index (χ4n) is 5.29. The van der Waals surface area contributed by atoms with Crippen LogP contribution in [0.4, 0.5) is 11.4 Å². The Labute approximate surface area is 180 Å². The molecule has 0 spiro atoms. The lowest BCUT2D eigenvalue weighted by Gasteiger charge is -2.39. The summed E-state index contributed by atoms with van der Waals surface area (Å²) in [5.74, 6) is 2.83. The summed E-state index contributed by atoms with van der Waals surface area (Å²) < 4.78 is 11.7. The molecule has 2 fully saturated rings. The number of fused-ring (bicyclic) bond motifs is 1. The Morgan fingerprint density at radius 2 is 1.57 bits per heavy atom. The molecule has 160 valence electrons. The van der Waals surface area contributed by atoms with Crippen molar-refractivity contribution in [1.29, 1.82) is 0 Å². The summed E-state index contributed by atoms with van der Waals surface area (Å²) in [7, 11) is 1.72. The molecule has 0 unspecified atom stereocenters. The van der Waals surface area contributed by atoms with Gasteiger partial charge in [-0.05, 0) is 87.4 Å². The van der Waals surface area contributed by atoms with Gasteiger partial charge >= 0.3 is 0 Å². The van der Waals surface area contributed by atoms with Gasteiger partial charge in [0, 0.05) is 49.5 Å². The fraction of sp³-hybridized carbons (Fsp3) is 0.538. The van der Waals surface area contributed by atoms with Crippen LogP contribution in [0.3, 0.4) is 0 Å². The third kappa shape index (κ3) is 3.30. The van der Waals surface area contributed by atoms with Gasteiger partial charge in [0.15, 0.2) is 0 Å². The van der Waals surface area contributed by atoms with Gasteiger partial charge in [-0.25, -0.2) is 0 Å². The zero-order valence-corrected chi connectivity index (χ0v) is 19.0. The summed E-state index contributed by atoms with van der Waals surface area (Å²) in [6.07, 6.45) is 3.69. The lowest BCUT2D eigenvalue weighted by molar-refractivity contribution is 0.137. The van der Waals surface area contributed by atoms with Crippen molar-refractivity contribution < 1.29 is 9.47 Å². The van der Waals surface area contributed by atoms with Gasteiger partial charge in [0.05, 0.1) is 7.11 Å². The molecule has 30 heavy (non-hydrogen) atoms. The number of anilines is 2. The predicted octanol–water partition coefficient (Wildman–Crippen LogP) is 5.23. The topological polar surface area (TPSA) is 24.9 Å². The van der Waals surface area contributed by atoms with Gasteiger partial charge in [-0.2, -0.15) is 0 Å². The van der Waals surface area contributed by atoms with Gasteiger partial charge in [0.2, 0.25) is 0 Å². The van der Waals surface area contributed by atoms with E-state index in [0.717, 1.165) is 44.3 Å². The molecule has 1 saturated heterocycles. The monoisotopic (exact) mass is 406 g/mol. The van der Waals surface area contributed by atoms with Crippen LogP contribution < -0.4 is 19.3 Å². The van der Waals surface area contributed by atoms with E-state index in [1.165, 1.54) is 46.7 Å². The Hall–Kier alpha value is -2.36. The van der Waals surface area contributed by atoms with Crippen molar-refractivity contribution in [2.24, 2.45) is 0 Å². The van der Waals surface area contributed by atoms with Crippen molar-refractivity contribution in [3.05, 3.63) is 46.5 Å². The number of ether oxygens (including phenoxy) is 2. The molecule has 2 aliphatic heterocycles. The van der Waals surface area contributed by atoms with Crippen LogP contribution >= 0.6 is 0 Å². The second kappa shape index (κ2) is 7.11. The summed E-state index contributed by atoms with van der Waals surface area (Å²) in [6.45, 7) is 13.2. The minimum atomic E-state index is -0.0884. The molecule has 2 heterocycles. The zero-order valence-electron chi connectivity index (χ0n) is 19.0. The smallest absolute Gasteiger partial charge is 0.127 e. The molecule has 1 aliphatic carbocycles. The molecule has 0 amide bonds. The van der Waals surface area contributed by atoms with Crippen molar-refractivity contribution in [1.82, 2.24) is 0 Å². The molecule has 0 bridgehead atoms. The van der Waals surface area contributed by atoms with E-state index in [9.17, 15) is 0 Å². The Balaban J connectivity index is 1.43. The van der Waals surface area contributed by atoms with Crippen LogP contribution in [-0.4, -0.2) is 38.9 Å². The van der Waals surface area contributed by atoms with Crippen molar-refractivity contribution in [3.63, 3.8) is 0 Å². The van der Waals surface area contributed by atoms with E-state index in [4.69, 9.17) is 9.47 Å². The molecule has 2 aromatic rings. The number of piperazine rings is 1. The largest absolute Gasteiger partial charge is 0.497 e. The Kier molecular flexibility index (Phi) is 4.64. The van der Waals surface area contributed by atoms with Gasteiger partial charge in [-0.15, -0.1) is 0 Å². The third-order valence-electron chi connectivity index (χ3n) is 7.11. The third-order valence-corrected chi connectivity index (χ3v) is 7.11. The maximum atomic E-state index is 6.42. The standard InChI is InChI=1S/C26H34N2O2/c1-17-18(2)25-22(16-26(3,4)30-25)23(19-6-7-19)24(17)28-14-12-27(13-15-28)20-8-10-21(29-5)11-9-20/h8-11,19H,6-7,12-16H2,1-5H3. The summed E-state index contributed by atoms with van der Waals surface area (Å²) in [5, 5.41) is 0. The fourth-order valence-corrected chi connectivity index (χ4v) is 5.29. The van der Waals surface area contributed by atoms with Gasteiger partial charge < -0.3 is 19.3 Å². The number of methoxy groups -OCH3 is 1. The number of rotatable bonds is 4. The molecule has 0 radical (unpaired) electrons. The van der Waals surface area contributed by atoms with Gasteiger partial charge in [0.25, 0.3) is 0 Å². The van der Waals surface area contributed by atoms with Gasteiger partial charge in [-0.3, -0.25) is 0 Å². The summed E-state index contributed by atoms with van der Waals surface area (Å²) in [4.78, 5) is 5.15. The predicted molar refractivity (Wildman–Crippen MR) is 124 cm³/mol. The lowest BCUT2D eigenvalue weighted by Crippen LogP contribution is -2.47. The number of hydrogen-bond acceptors (Lipinski definition) is 4. The maximum absolute atomic E-state index is 6.42. The quantitative estimate of drug-likeness (QED) is 0.694. The van der Waals surface area contributed by atoms with E-state index in [0.29, 0.717) is 0 Å². The van der Waals surface area contributed by atoms with Crippen LogP contribution in [0.2, 0.25) is 0 Å². The lowest BCUT2D eigenvalue weighted by atomic mass is 9.88. The van der Waals surface area contributed by atoms with Crippen molar-refractivity contribution >= 4 is 11.4 Å². The van der Waals surface area contributed by atoms with Crippen LogP contribution in [0.5, 0.6) is 11.5 Å². The first-order valence-corrected chi connectivity index (χ1v) is 11.4. The van der Waals surface area contributed by atoms with E-state index >= 15 is 0 Å². The van der Waals surface area contributed by atoms with Crippen molar-refractivity contribution in [3.8, 4) is 11.5 Å². The minimum absolute atomic E-state index is 0.0884. The van der Waals surface area contributed by atoms with Crippen LogP contribution in [0.15, 0.2) is 24.3 Å². The molecule has 0 aromatic heterocycles. The molecule has 2 aromatic carbocycles. The zero-order chi connectivity index (χ0) is 21.0. The van der Waals surface area contributed by atoms with E-state index in [-0.39, 0.29) is 5.60 Å². The Morgan fingerprint density at radius 1 is 0.933 bits per heavy atom. The van der Waals surface area contributed by atoms with E-state index in [2.05, 4.69) is 61.8 Å². The van der Waals surface area contributed by atoms with Crippen LogP contribution in [0, 0.1) is 13.8 Å². The second-order valence-corrected chi connectivity index (χ2v) is 9.80. The molecule has 5 rings (SSSR count). The average Bonchev–Trinajstić information content (AvgIpc) is 3.53. The first kappa shape index (κ1) is 19.6. The van der Waals surface area contributed by atoms with Crippen LogP contribution in [0.1, 0.15) is 54.9 Å². The van der Waals surface area contributed by atoms with Gasteiger partial charge in [-0.1, -0.05) is 0 Å². The first-order valence-electron chi connectivity index (χ1n) is 11.4. The summed E-state index contributed by atoms with van der Waals surface area (Å²) in [5.41, 5.74) is 8.59. The minimum Gasteiger partial charge on any atom is -0.497 e. The molecule has 3 aliphatic rings. The molecule has 0 N–H and O–H groups in total. The van der Waals surface area contributed by atoms with Crippen LogP contribution in [-0.2, 0) is 6.42 Å². The molecule has 0 atom stereocenters. The Morgan fingerprint density at radius 3 is 2.17 bits per heavy atom. The van der Waals surface area contributed by atoms with E-state index < -0.39 is 0 Å². The second-order valence-electron chi connectivity index (χ2n) is 9.80. The maximum Gasteiger partial charge on any atom is 0.127 e. The molecule has 4 heteroatoms. The highest BCUT2D eigenvalue weighted by molar-refractivity contribution is 5.72. The van der Waals surface area contributed by atoms with E-state index in [1.807, 2.05) is 0 Å². The van der Waals surface area contributed by atoms with Crippen molar-refractivity contribution in [2.45, 2.75) is 58.5 Å². The SMILES string of the molecule is COc1ccc(N2CCN(c3c(C)c(C)c4c(c3C3CC3)CC(C)(C)O4)CC2)cc1. The number of benzene rings is 2. The van der Waals surface area contributed by atoms with E-state index in [1.54, 1.807) is 12.7 Å². The molecule has 1 saturated carbocycles. The molecular formula is C26H34N2O2. The Bertz CT molecular complexity index is 952.